The molecule has 1 saturated carbocycles. The Morgan fingerprint density at radius 3 is 2.70 bits per heavy atom. The van der Waals surface area contributed by atoms with E-state index in [0.717, 1.165) is 53.5 Å². The summed E-state index contributed by atoms with van der Waals surface area (Å²) < 4.78 is 27.4. The summed E-state index contributed by atoms with van der Waals surface area (Å²) in [6.45, 7) is 3.07. The van der Waals surface area contributed by atoms with Crippen molar-refractivity contribution < 1.29 is 13.9 Å². The van der Waals surface area contributed by atoms with Crippen molar-refractivity contribution in [2.24, 2.45) is 0 Å². The second-order valence-corrected chi connectivity index (χ2v) is 11.2. The lowest BCUT2D eigenvalue weighted by molar-refractivity contribution is 0.206. The van der Waals surface area contributed by atoms with Crippen molar-refractivity contribution in [1.82, 2.24) is 10.3 Å². The lowest BCUT2D eigenvalue weighted by Gasteiger charge is -2.20. The molecule has 40 heavy (non-hydrogen) atoms. The summed E-state index contributed by atoms with van der Waals surface area (Å²) >= 11 is 6.77. The van der Waals surface area contributed by atoms with Gasteiger partial charge in [0.25, 0.3) is 0 Å². The zero-order chi connectivity index (χ0) is 27.7. The van der Waals surface area contributed by atoms with E-state index in [1.165, 1.54) is 12.3 Å². The van der Waals surface area contributed by atoms with Gasteiger partial charge >= 0.3 is 0 Å². The average Bonchev–Trinajstić information content (AvgIpc) is 3.57. The summed E-state index contributed by atoms with van der Waals surface area (Å²) in [6.07, 6.45) is 6.84. The van der Waals surface area contributed by atoms with Crippen molar-refractivity contribution >= 4 is 11.6 Å². The van der Waals surface area contributed by atoms with Crippen LogP contribution in [0.2, 0.25) is 5.02 Å². The molecule has 1 atom stereocenters. The SMILES string of the molecule is CC1(NCc2cc(Cl)c(O[C@H]3CCc4c(-c5ccccc5F)cccc43)cc2OCc2cncc(C#N)c2)CC1. The molecule has 0 amide bonds. The first kappa shape index (κ1) is 26.3. The van der Waals surface area contributed by atoms with Crippen molar-refractivity contribution in [1.29, 1.82) is 5.26 Å². The first-order valence-corrected chi connectivity index (χ1v) is 13.9. The van der Waals surface area contributed by atoms with Gasteiger partial charge in [0.1, 0.15) is 36.1 Å². The van der Waals surface area contributed by atoms with Crippen LogP contribution in [0, 0.1) is 17.1 Å². The van der Waals surface area contributed by atoms with Gasteiger partial charge in [0, 0.05) is 47.2 Å². The molecule has 1 heterocycles. The Bertz CT molecular complexity index is 1610. The Kier molecular flexibility index (Phi) is 7.18. The Morgan fingerprint density at radius 1 is 1.07 bits per heavy atom. The van der Waals surface area contributed by atoms with Gasteiger partial charge in [-0.2, -0.15) is 5.26 Å². The maximum absolute atomic E-state index is 14.6. The number of pyridine rings is 1. The van der Waals surface area contributed by atoms with Gasteiger partial charge in [-0.15, -0.1) is 0 Å². The molecule has 1 fully saturated rings. The van der Waals surface area contributed by atoms with Gasteiger partial charge in [0.15, 0.2) is 0 Å². The molecule has 2 aliphatic rings. The van der Waals surface area contributed by atoms with Crippen LogP contribution in [0.3, 0.4) is 0 Å². The van der Waals surface area contributed by atoms with Crippen LogP contribution in [0.4, 0.5) is 4.39 Å². The molecule has 202 valence electrons. The third-order valence-electron chi connectivity index (χ3n) is 7.79. The first-order valence-electron chi connectivity index (χ1n) is 13.5. The summed E-state index contributed by atoms with van der Waals surface area (Å²) in [5, 5.41) is 13.3. The van der Waals surface area contributed by atoms with E-state index in [2.05, 4.69) is 23.3 Å². The molecule has 1 aromatic heterocycles. The molecule has 0 unspecified atom stereocenters. The van der Waals surface area contributed by atoms with Crippen molar-refractivity contribution in [3.05, 3.63) is 112 Å². The van der Waals surface area contributed by atoms with E-state index in [0.29, 0.717) is 34.2 Å². The number of halogens is 2. The fraction of sp³-hybridized carbons (Fsp3) is 0.273. The summed E-state index contributed by atoms with van der Waals surface area (Å²) in [4.78, 5) is 4.14. The summed E-state index contributed by atoms with van der Waals surface area (Å²) in [7, 11) is 0. The van der Waals surface area contributed by atoms with Gasteiger partial charge in [0.05, 0.1) is 10.6 Å². The molecule has 4 aromatic rings. The summed E-state index contributed by atoms with van der Waals surface area (Å²) in [5.74, 6) is 0.970. The van der Waals surface area contributed by atoms with Crippen molar-refractivity contribution in [3.63, 3.8) is 0 Å². The molecule has 3 aromatic carbocycles. The Hall–Kier alpha value is -3.92. The van der Waals surface area contributed by atoms with Crippen LogP contribution in [-0.4, -0.2) is 10.5 Å². The van der Waals surface area contributed by atoms with Crippen molar-refractivity contribution in [2.75, 3.05) is 0 Å². The predicted molar refractivity (Wildman–Crippen MR) is 153 cm³/mol. The smallest absolute Gasteiger partial charge is 0.142 e. The number of hydrogen-bond acceptors (Lipinski definition) is 5. The topological polar surface area (TPSA) is 67.2 Å². The first-order chi connectivity index (χ1) is 19.4. The molecule has 0 spiro atoms. The van der Waals surface area contributed by atoms with Crippen LogP contribution in [0.1, 0.15) is 60.1 Å². The number of fused-ring (bicyclic) bond motifs is 1. The van der Waals surface area contributed by atoms with Crippen LogP contribution in [-0.2, 0) is 19.6 Å². The summed E-state index contributed by atoms with van der Waals surface area (Å²) in [5.41, 5.74) is 6.02. The second-order valence-electron chi connectivity index (χ2n) is 10.8. The van der Waals surface area contributed by atoms with E-state index < -0.39 is 0 Å². The minimum Gasteiger partial charge on any atom is -0.488 e. The fourth-order valence-electron chi connectivity index (χ4n) is 5.22. The van der Waals surface area contributed by atoms with E-state index >= 15 is 0 Å². The number of hydrogen-bond donors (Lipinski definition) is 1. The van der Waals surface area contributed by atoms with Crippen LogP contribution in [0.15, 0.2) is 73.1 Å². The zero-order valence-corrected chi connectivity index (χ0v) is 23.0. The number of benzene rings is 3. The molecule has 5 nitrogen and oxygen atoms in total. The number of nitriles is 1. The van der Waals surface area contributed by atoms with Gasteiger partial charge in [0.2, 0.25) is 0 Å². The molecular formula is C33H29ClFN3O2. The number of ether oxygens (including phenoxy) is 2. The molecule has 7 heteroatoms. The minimum atomic E-state index is -0.232. The maximum Gasteiger partial charge on any atom is 0.142 e. The molecule has 0 bridgehead atoms. The quantitative estimate of drug-likeness (QED) is 0.230. The molecule has 6 rings (SSSR count). The standard InChI is InChI=1S/C33H29ClFN3O2/c1-33(11-12-33)38-19-23-14-28(34)32(15-31(23)39-20-22-13-21(16-36)17-37-18-22)40-30-10-9-25-24(6-4-7-27(25)30)26-5-2-3-8-29(26)35/h2-8,13-15,17-18,30,38H,9-12,19-20H2,1H3/t30-/m0/s1. The summed E-state index contributed by atoms with van der Waals surface area (Å²) in [6, 6.07) is 20.5. The molecule has 0 saturated heterocycles. The largest absolute Gasteiger partial charge is 0.488 e. The fourth-order valence-corrected chi connectivity index (χ4v) is 5.46. The van der Waals surface area contributed by atoms with Crippen LogP contribution < -0.4 is 14.8 Å². The second kappa shape index (κ2) is 10.9. The van der Waals surface area contributed by atoms with E-state index in [1.807, 2.05) is 42.5 Å². The molecule has 1 N–H and O–H groups in total. The third kappa shape index (κ3) is 5.54. The lowest BCUT2D eigenvalue weighted by Crippen LogP contribution is -2.27. The Morgan fingerprint density at radius 2 is 1.90 bits per heavy atom. The highest BCUT2D eigenvalue weighted by molar-refractivity contribution is 6.32. The maximum atomic E-state index is 14.6. The third-order valence-corrected chi connectivity index (χ3v) is 8.08. The van der Waals surface area contributed by atoms with Gasteiger partial charge in [-0.1, -0.05) is 48.0 Å². The van der Waals surface area contributed by atoms with Gasteiger partial charge in [-0.05, 0) is 67.5 Å². The lowest BCUT2D eigenvalue weighted by atomic mass is 9.96. The molecule has 0 radical (unpaired) electrons. The van der Waals surface area contributed by atoms with E-state index in [4.69, 9.17) is 21.1 Å². The number of nitrogens with zero attached hydrogens (tertiary/aromatic N) is 2. The Labute approximate surface area is 238 Å². The van der Waals surface area contributed by atoms with E-state index in [1.54, 1.807) is 18.3 Å². The predicted octanol–water partition coefficient (Wildman–Crippen LogP) is 7.70. The monoisotopic (exact) mass is 553 g/mol. The highest BCUT2D eigenvalue weighted by Gasteiger charge is 2.36. The molecular weight excluding hydrogens is 525 g/mol. The number of nitrogens with one attached hydrogen (secondary N) is 1. The Balaban J connectivity index is 1.27. The van der Waals surface area contributed by atoms with Crippen molar-refractivity contribution in [3.8, 4) is 28.7 Å². The highest BCUT2D eigenvalue weighted by atomic mass is 35.5. The van der Waals surface area contributed by atoms with Gasteiger partial charge in [-0.25, -0.2) is 4.39 Å². The molecule has 0 aliphatic heterocycles. The van der Waals surface area contributed by atoms with Crippen LogP contribution in [0.5, 0.6) is 11.5 Å². The highest BCUT2D eigenvalue weighted by Crippen LogP contribution is 2.43. The van der Waals surface area contributed by atoms with Crippen LogP contribution >= 0.6 is 11.6 Å². The van der Waals surface area contributed by atoms with Gasteiger partial charge < -0.3 is 14.8 Å². The number of aromatic nitrogens is 1. The minimum absolute atomic E-state index is 0.146. The van der Waals surface area contributed by atoms with Crippen LogP contribution in [0.25, 0.3) is 11.1 Å². The zero-order valence-electron chi connectivity index (χ0n) is 22.2. The average molecular weight is 554 g/mol. The number of rotatable bonds is 9. The van der Waals surface area contributed by atoms with Crippen molar-refractivity contribution in [2.45, 2.75) is 57.4 Å². The van der Waals surface area contributed by atoms with E-state index in [9.17, 15) is 9.65 Å². The van der Waals surface area contributed by atoms with E-state index in [-0.39, 0.29) is 24.1 Å². The normalized spacial score (nSPS) is 16.7. The molecule has 2 aliphatic carbocycles. The van der Waals surface area contributed by atoms with Gasteiger partial charge in [-0.3, -0.25) is 4.98 Å².